The van der Waals surface area contributed by atoms with Crippen LogP contribution in [0.3, 0.4) is 0 Å². The fourth-order valence-electron chi connectivity index (χ4n) is 7.75. The van der Waals surface area contributed by atoms with Crippen LogP contribution in [-0.4, -0.2) is 133 Å². The number of alkyl halides is 1. The van der Waals surface area contributed by atoms with Gasteiger partial charge in [-0.05, 0) is 37.0 Å². The number of nitrogens with one attached hydrogen (secondary N) is 2. The summed E-state index contributed by atoms with van der Waals surface area (Å²) in [6, 6.07) is -2.01. The maximum atomic E-state index is 15.6. The van der Waals surface area contributed by atoms with Crippen molar-refractivity contribution < 1.29 is 42.9 Å². The van der Waals surface area contributed by atoms with Crippen LogP contribution in [-0.2, 0) is 28.7 Å². The predicted octanol–water partition coefficient (Wildman–Crippen LogP) is 3.94. The molecular formula is C39H62FN5O8. The topological polar surface area (TPSA) is 158 Å². The number of methoxy groups -OCH3 is 2. The summed E-state index contributed by atoms with van der Waals surface area (Å²) in [6.07, 6.45) is 12.1. The zero-order valence-electron chi connectivity index (χ0n) is 32.8. The van der Waals surface area contributed by atoms with Gasteiger partial charge in [0.25, 0.3) is 5.91 Å². The molecule has 2 aliphatic heterocycles. The van der Waals surface area contributed by atoms with E-state index >= 15 is 4.39 Å². The van der Waals surface area contributed by atoms with Crippen LogP contribution >= 0.6 is 0 Å². The maximum Gasteiger partial charge on any atom is 0.407 e. The number of carbonyl (C=O) groups is 5. The Kier molecular flexibility index (Phi) is 16.5. The first kappa shape index (κ1) is 43.6. The molecule has 8 atom stereocenters. The molecule has 3 aliphatic rings. The fraction of sp³-hybridized carbons (Fsp3) is 0.718. The van der Waals surface area contributed by atoms with Crippen molar-refractivity contribution in [1.82, 2.24) is 25.3 Å². The summed E-state index contributed by atoms with van der Waals surface area (Å²) in [5.41, 5.74) is -2.45. The lowest BCUT2D eigenvalue weighted by molar-refractivity contribution is -0.148. The molecule has 0 bridgehead atoms. The third-order valence-corrected chi connectivity index (χ3v) is 11.2. The Balaban J connectivity index is 1.71. The molecule has 53 heavy (non-hydrogen) atoms. The highest BCUT2D eigenvalue weighted by atomic mass is 19.1. The molecule has 5 amide bonds. The molecule has 1 aliphatic carbocycles. The molecule has 2 saturated heterocycles. The van der Waals surface area contributed by atoms with Gasteiger partial charge in [0.1, 0.15) is 6.04 Å². The average molecular weight is 748 g/mol. The molecule has 0 aromatic rings. The van der Waals surface area contributed by atoms with Crippen molar-refractivity contribution in [3.8, 4) is 0 Å². The minimum absolute atomic E-state index is 0.0365. The second-order valence-corrected chi connectivity index (χ2v) is 15.1. The number of hydrogen-bond donors (Lipinski definition) is 3. The van der Waals surface area contributed by atoms with E-state index < -0.39 is 66.2 Å². The van der Waals surface area contributed by atoms with Gasteiger partial charge < -0.3 is 39.9 Å². The van der Waals surface area contributed by atoms with Crippen LogP contribution in [0.1, 0.15) is 73.1 Å². The molecule has 0 unspecified atom stereocenters. The second kappa shape index (κ2) is 20.1. The highest BCUT2D eigenvalue weighted by Gasteiger charge is 2.49. The third kappa shape index (κ3) is 11.1. The van der Waals surface area contributed by atoms with Gasteiger partial charge in [-0.1, -0.05) is 77.5 Å². The molecule has 0 aromatic heterocycles. The molecule has 298 valence electrons. The Bertz CT molecular complexity index is 1360. The van der Waals surface area contributed by atoms with Gasteiger partial charge in [-0.25, -0.2) is 9.18 Å². The molecular weight excluding hydrogens is 685 g/mol. The fourth-order valence-corrected chi connectivity index (χ4v) is 7.75. The van der Waals surface area contributed by atoms with Gasteiger partial charge >= 0.3 is 6.09 Å². The molecule has 3 N–H and O–H groups in total. The lowest BCUT2D eigenvalue weighted by atomic mass is 9.89. The van der Waals surface area contributed by atoms with Gasteiger partial charge in [0.05, 0.1) is 43.2 Å². The summed E-state index contributed by atoms with van der Waals surface area (Å²) in [5, 5.41) is 14.9. The molecule has 2 fully saturated rings. The standard InChI is InChI=1S/C39H62FN5O8/c1-9-26(4)33(43(6)36(48)32(25(2)3)42-37(49)39(40)19-22-44(24-39)38(50)51)30(52-7)23-31(46)45-21-14-17-29(45)34(53-8)27(5)35(47)41-20-18-28-15-12-10-11-13-16-28/h10-13,15-16,25-30,32-34H,9,14,17-24H2,1-8H3,(H,41,47)(H,42,49)(H,50,51)/t26-,27+,29-,30+,32-,33-,34+,39+/m0/s1. The van der Waals surface area contributed by atoms with E-state index in [1.807, 2.05) is 45.1 Å². The summed E-state index contributed by atoms with van der Waals surface area (Å²) >= 11 is 0. The molecule has 2 heterocycles. The molecule has 13 nitrogen and oxygen atoms in total. The normalized spacial score (nSPS) is 23.6. The van der Waals surface area contributed by atoms with Crippen molar-refractivity contribution in [2.24, 2.45) is 23.7 Å². The van der Waals surface area contributed by atoms with E-state index in [2.05, 4.69) is 22.8 Å². The highest BCUT2D eigenvalue weighted by Crippen LogP contribution is 2.30. The smallest absolute Gasteiger partial charge is 0.407 e. The molecule has 0 spiro atoms. The number of rotatable bonds is 18. The first-order valence-electron chi connectivity index (χ1n) is 19.0. The first-order valence-corrected chi connectivity index (χ1v) is 19.0. The monoisotopic (exact) mass is 747 g/mol. The number of allylic oxidation sites excluding steroid dienone is 6. The van der Waals surface area contributed by atoms with E-state index in [0.717, 1.165) is 17.7 Å². The Labute approximate surface area is 314 Å². The quantitative estimate of drug-likeness (QED) is 0.190. The summed E-state index contributed by atoms with van der Waals surface area (Å²) in [4.78, 5) is 70.1. The van der Waals surface area contributed by atoms with Crippen molar-refractivity contribution >= 4 is 29.7 Å². The number of halogens is 1. The number of ether oxygens (including phenoxy) is 2. The lowest BCUT2D eigenvalue weighted by Gasteiger charge is -2.41. The number of amides is 5. The van der Waals surface area contributed by atoms with Crippen molar-refractivity contribution in [2.45, 2.75) is 109 Å². The lowest BCUT2D eigenvalue weighted by Crippen LogP contribution is -2.60. The van der Waals surface area contributed by atoms with E-state index in [1.54, 1.807) is 32.9 Å². The van der Waals surface area contributed by atoms with Crippen LogP contribution in [0.25, 0.3) is 0 Å². The van der Waals surface area contributed by atoms with E-state index in [0.29, 0.717) is 25.9 Å². The molecule has 0 aromatic carbocycles. The highest BCUT2D eigenvalue weighted by molar-refractivity contribution is 5.92. The van der Waals surface area contributed by atoms with Gasteiger partial charge in [0.15, 0.2) is 0 Å². The number of carboxylic acid groups (broad SMARTS) is 1. The van der Waals surface area contributed by atoms with Gasteiger partial charge in [0, 0.05) is 47.3 Å². The summed E-state index contributed by atoms with van der Waals surface area (Å²) in [6.45, 7) is 9.50. The van der Waals surface area contributed by atoms with E-state index in [-0.39, 0.29) is 49.1 Å². The van der Waals surface area contributed by atoms with Gasteiger partial charge in [-0.2, -0.15) is 0 Å². The van der Waals surface area contributed by atoms with Crippen LogP contribution in [0.4, 0.5) is 9.18 Å². The van der Waals surface area contributed by atoms with Crippen LogP contribution in [0.2, 0.25) is 0 Å². The zero-order valence-corrected chi connectivity index (χ0v) is 32.8. The first-order chi connectivity index (χ1) is 25.1. The number of likely N-dealkylation sites (N-methyl/N-ethyl adjacent to an activating group) is 1. The Morgan fingerprint density at radius 1 is 1.02 bits per heavy atom. The number of likely N-dealkylation sites (tertiary alicyclic amines) is 2. The minimum Gasteiger partial charge on any atom is -0.465 e. The van der Waals surface area contributed by atoms with Crippen molar-refractivity contribution in [1.29, 1.82) is 0 Å². The van der Waals surface area contributed by atoms with Crippen molar-refractivity contribution in [2.75, 3.05) is 47.4 Å². The van der Waals surface area contributed by atoms with E-state index in [4.69, 9.17) is 9.47 Å². The van der Waals surface area contributed by atoms with Crippen LogP contribution in [0.5, 0.6) is 0 Å². The Hall–Kier alpha value is -3.78. The summed E-state index contributed by atoms with van der Waals surface area (Å²) in [5.74, 6) is -2.65. The second-order valence-electron chi connectivity index (χ2n) is 15.1. The van der Waals surface area contributed by atoms with Gasteiger partial charge in [0.2, 0.25) is 23.4 Å². The average Bonchev–Trinajstić information content (AvgIpc) is 3.70. The van der Waals surface area contributed by atoms with E-state index in [1.165, 1.54) is 12.0 Å². The largest absolute Gasteiger partial charge is 0.465 e. The number of carbonyl (C=O) groups excluding carboxylic acids is 4. The predicted molar refractivity (Wildman–Crippen MR) is 199 cm³/mol. The van der Waals surface area contributed by atoms with Crippen LogP contribution < -0.4 is 10.6 Å². The molecule has 14 heteroatoms. The SMILES string of the molecule is CC[C@H](C)[C@@H]([C@@H](CC(=O)N1CCC[C@H]1[C@H](OC)[C@@H](C)C(=O)NCCC1C=CC=CC=C1)OC)N(C)C(=O)[C@@H](NC(=O)[C@@]1(F)CCN(C(=O)O)C1)C(C)C. The summed E-state index contributed by atoms with van der Waals surface area (Å²) < 4.78 is 27.5. The van der Waals surface area contributed by atoms with Crippen LogP contribution in [0, 0.1) is 23.7 Å². The number of hydrogen-bond acceptors (Lipinski definition) is 7. The Morgan fingerprint density at radius 3 is 2.23 bits per heavy atom. The van der Waals surface area contributed by atoms with Gasteiger partial charge in [-0.15, -0.1) is 0 Å². The van der Waals surface area contributed by atoms with E-state index in [9.17, 15) is 29.1 Å². The maximum absolute atomic E-state index is 15.6. The summed E-state index contributed by atoms with van der Waals surface area (Å²) in [7, 11) is 4.66. The van der Waals surface area contributed by atoms with Crippen LogP contribution in [0.15, 0.2) is 36.5 Å². The van der Waals surface area contributed by atoms with Gasteiger partial charge in [-0.3, -0.25) is 19.2 Å². The minimum atomic E-state index is -2.45. The molecule has 3 rings (SSSR count). The number of nitrogens with zero attached hydrogens (tertiary/aromatic N) is 3. The zero-order chi connectivity index (χ0) is 39.5. The van der Waals surface area contributed by atoms with Crippen molar-refractivity contribution in [3.05, 3.63) is 36.5 Å². The molecule has 0 radical (unpaired) electrons. The molecule has 0 saturated carbocycles. The Morgan fingerprint density at radius 2 is 1.68 bits per heavy atom. The third-order valence-electron chi connectivity index (χ3n) is 11.2. The van der Waals surface area contributed by atoms with Crippen molar-refractivity contribution in [3.63, 3.8) is 0 Å².